The van der Waals surface area contributed by atoms with Crippen molar-refractivity contribution >= 4 is 27.5 Å². The van der Waals surface area contributed by atoms with Gasteiger partial charge in [-0.2, -0.15) is 0 Å². The van der Waals surface area contributed by atoms with E-state index in [0.717, 1.165) is 0 Å². The Morgan fingerprint density at radius 2 is 2.25 bits per heavy atom. The van der Waals surface area contributed by atoms with Gasteiger partial charge in [0.05, 0.1) is 10.2 Å². The Hall–Kier alpha value is -1.10. The van der Waals surface area contributed by atoms with Crippen molar-refractivity contribution in [2.24, 2.45) is 0 Å². The standard InChI is InChI=1S/C11H11BrFNO2/c1-3-9-11(15)14(2)8-5-6(13)4-7(12)10(8)16-9/h4-5,9H,3H2,1-2H3. The SMILES string of the molecule is CCC1Oc2c(Br)cc(F)cc2N(C)C1=O. The van der Waals surface area contributed by atoms with Gasteiger partial charge in [-0.15, -0.1) is 0 Å². The zero-order valence-corrected chi connectivity index (χ0v) is 10.5. The molecule has 0 fully saturated rings. The lowest BCUT2D eigenvalue weighted by Gasteiger charge is -2.32. The van der Waals surface area contributed by atoms with Crippen LogP contribution in [-0.2, 0) is 4.79 Å². The number of likely N-dealkylation sites (N-methyl/N-ethyl adjacent to an activating group) is 1. The number of hydrogen-bond donors (Lipinski definition) is 0. The molecule has 1 heterocycles. The summed E-state index contributed by atoms with van der Waals surface area (Å²) in [6, 6.07) is 2.62. The zero-order chi connectivity index (χ0) is 11.9. The first-order chi connectivity index (χ1) is 7.54. The Balaban J connectivity index is 2.54. The fraction of sp³-hybridized carbons (Fsp3) is 0.364. The van der Waals surface area contributed by atoms with E-state index in [2.05, 4.69) is 15.9 Å². The Morgan fingerprint density at radius 3 is 2.88 bits per heavy atom. The van der Waals surface area contributed by atoms with Crippen LogP contribution in [0.15, 0.2) is 16.6 Å². The van der Waals surface area contributed by atoms with E-state index in [0.29, 0.717) is 22.3 Å². The molecule has 0 aromatic heterocycles. The quantitative estimate of drug-likeness (QED) is 0.795. The number of hydrogen-bond acceptors (Lipinski definition) is 2. The first kappa shape index (κ1) is 11.4. The fourth-order valence-electron chi connectivity index (χ4n) is 1.70. The molecule has 1 aromatic carbocycles. The van der Waals surface area contributed by atoms with Crippen LogP contribution in [0.5, 0.6) is 5.75 Å². The van der Waals surface area contributed by atoms with E-state index >= 15 is 0 Å². The molecule has 0 aliphatic carbocycles. The minimum atomic E-state index is -0.487. The second kappa shape index (κ2) is 4.05. The highest BCUT2D eigenvalue weighted by Crippen LogP contribution is 2.40. The molecule has 0 spiro atoms. The average molecular weight is 288 g/mol. The van der Waals surface area contributed by atoms with Crippen molar-refractivity contribution in [3.63, 3.8) is 0 Å². The summed E-state index contributed by atoms with van der Waals surface area (Å²) in [4.78, 5) is 13.2. The summed E-state index contributed by atoms with van der Waals surface area (Å²) >= 11 is 3.23. The lowest BCUT2D eigenvalue weighted by molar-refractivity contribution is -0.126. The van der Waals surface area contributed by atoms with Crippen LogP contribution in [0.25, 0.3) is 0 Å². The number of carbonyl (C=O) groups is 1. The van der Waals surface area contributed by atoms with Crippen molar-refractivity contribution in [3.05, 3.63) is 22.4 Å². The van der Waals surface area contributed by atoms with Crippen LogP contribution in [0.2, 0.25) is 0 Å². The van der Waals surface area contributed by atoms with Crippen LogP contribution in [0.4, 0.5) is 10.1 Å². The third-order valence-electron chi connectivity index (χ3n) is 2.59. The number of nitrogens with zero attached hydrogens (tertiary/aromatic N) is 1. The summed E-state index contributed by atoms with van der Waals surface area (Å²) in [6.45, 7) is 1.87. The molecule has 3 nitrogen and oxygen atoms in total. The van der Waals surface area contributed by atoms with Crippen LogP contribution in [0.1, 0.15) is 13.3 Å². The molecule has 2 rings (SSSR count). The topological polar surface area (TPSA) is 29.5 Å². The predicted octanol–water partition coefficient (Wildman–Crippen LogP) is 2.72. The van der Waals surface area contributed by atoms with Gasteiger partial charge in [-0.05, 0) is 28.4 Å². The van der Waals surface area contributed by atoms with Gasteiger partial charge in [0, 0.05) is 13.1 Å². The van der Waals surface area contributed by atoms with E-state index in [1.807, 2.05) is 6.92 Å². The van der Waals surface area contributed by atoms with Gasteiger partial charge in [-0.3, -0.25) is 4.79 Å². The van der Waals surface area contributed by atoms with Crippen molar-refractivity contribution in [1.82, 2.24) is 0 Å². The summed E-state index contributed by atoms with van der Waals surface area (Å²) in [6.07, 6.45) is 0.103. The maximum Gasteiger partial charge on any atom is 0.267 e. The van der Waals surface area contributed by atoms with Crippen LogP contribution >= 0.6 is 15.9 Å². The van der Waals surface area contributed by atoms with Gasteiger partial charge in [0.15, 0.2) is 11.9 Å². The maximum absolute atomic E-state index is 13.2. The molecule has 0 saturated carbocycles. The molecule has 0 N–H and O–H groups in total. The van der Waals surface area contributed by atoms with E-state index in [9.17, 15) is 9.18 Å². The van der Waals surface area contributed by atoms with Crippen molar-refractivity contribution in [2.45, 2.75) is 19.4 Å². The number of rotatable bonds is 1. The fourth-order valence-corrected chi connectivity index (χ4v) is 2.21. The van der Waals surface area contributed by atoms with E-state index in [4.69, 9.17) is 4.74 Å². The van der Waals surface area contributed by atoms with Crippen LogP contribution < -0.4 is 9.64 Å². The molecule has 0 radical (unpaired) electrons. The molecule has 5 heteroatoms. The Labute approximate surface area is 101 Å². The minimum Gasteiger partial charge on any atom is -0.477 e. The summed E-state index contributed by atoms with van der Waals surface area (Å²) < 4.78 is 19.3. The molecule has 1 aliphatic heterocycles. The molecule has 0 bridgehead atoms. The lowest BCUT2D eigenvalue weighted by atomic mass is 10.1. The molecule has 86 valence electrons. The lowest BCUT2D eigenvalue weighted by Crippen LogP contribution is -2.43. The number of fused-ring (bicyclic) bond motifs is 1. The molecule has 1 amide bonds. The molecule has 1 unspecified atom stereocenters. The second-order valence-corrected chi connectivity index (χ2v) is 4.50. The summed E-state index contributed by atoms with van der Waals surface area (Å²) in [7, 11) is 1.62. The van der Waals surface area contributed by atoms with Gasteiger partial charge in [-0.1, -0.05) is 6.92 Å². The number of anilines is 1. The number of benzene rings is 1. The Bertz CT molecular complexity index is 450. The van der Waals surface area contributed by atoms with Crippen molar-refractivity contribution in [3.8, 4) is 5.75 Å². The van der Waals surface area contributed by atoms with Crippen LogP contribution in [0.3, 0.4) is 0 Å². The molecule has 1 aromatic rings. The van der Waals surface area contributed by atoms with E-state index in [-0.39, 0.29) is 5.91 Å². The zero-order valence-electron chi connectivity index (χ0n) is 8.96. The van der Waals surface area contributed by atoms with Crippen LogP contribution in [-0.4, -0.2) is 19.1 Å². The molecule has 16 heavy (non-hydrogen) atoms. The van der Waals surface area contributed by atoms with Gasteiger partial charge in [-0.25, -0.2) is 4.39 Å². The van der Waals surface area contributed by atoms with Gasteiger partial charge < -0.3 is 9.64 Å². The van der Waals surface area contributed by atoms with Gasteiger partial charge in [0.2, 0.25) is 0 Å². The highest BCUT2D eigenvalue weighted by molar-refractivity contribution is 9.10. The molecule has 1 aliphatic rings. The normalized spacial score (nSPS) is 19.4. The highest BCUT2D eigenvalue weighted by atomic mass is 79.9. The number of carbonyl (C=O) groups excluding carboxylic acids is 1. The first-order valence-electron chi connectivity index (χ1n) is 4.98. The molecular weight excluding hydrogens is 277 g/mol. The molecule has 1 atom stereocenters. The molecular formula is C11H11BrFNO2. The largest absolute Gasteiger partial charge is 0.477 e. The van der Waals surface area contributed by atoms with Gasteiger partial charge >= 0.3 is 0 Å². The first-order valence-corrected chi connectivity index (χ1v) is 5.77. The second-order valence-electron chi connectivity index (χ2n) is 3.65. The van der Waals surface area contributed by atoms with Crippen molar-refractivity contribution < 1.29 is 13.9 Å². The Morgan fingerprint density at radius 1 is 1.56 bits per heavy atom. The summed E-state index contributed by atoms with van der Waals surface area (Å²) in [5, 5.41) is 0. The summed E-state index contributed by atoms with van der Waals surface area (Å²) in [5.74, 6) is -0.0216. The van der Waals surface area contributed by atoms with Crippen molar-refractivity contribution in [1.29, 1.82) is 0 Å². The minimum absolute atomic E-state index is 0.146. The van der Waals surface area contributed by atoms with Crippen molar-refractivity contribution in [2.75, 3.05) is 11.9 Å². The predicted molar refractivity (Wildman–Crippen MR) is 62.2 cm³/mol. The van der Waals surface area contributed by atoms with Gasteiger partial charge in [0.1, 0.15) is 5.82 Å². The Kier molecular flexibility index (Phi) is 2.88. The number of ether oxygens (including phenoxy) is 1. The highest BCUT2D eigenvalue weighted by Gasteiger charge is 2.32. The van der Waals surface area contributed by atoms with E-state index in [1.54, 1.807) is 7.05 Å². The summed E-state index contributed by atoms with van der Waals surface area (Å²) in [5.41, 5.74) is 0.460. The van der Waals surface area contributed by atoms with E-state index < -0.39 is 11.9 Å². The number of amides is 1. The smallest absolute Gasteiger partial charge is 0.267 e. The maximum atomic E-state index is 13.2. The van der Waals surface area contributed by atoms with E-state index in [1.165, 1.54) is 17.0 Å². The average Bonchev–Trinajstić information content (AvgIpc) is 2.24. The third kappa shape index (κ3) is 1.69. The third-order valence-corrected chi connectivity index (χ3v) is 3.18. The van der Waals surface area contributed by atoms with Gasteiger partial charge in [0.25, 0.3) is 5.91 Å². The molecule has 0 saturated heterocycles. The van der Waals surface area contributed by atoms with Crippen LogP contribution in [0, 0.1) is 5.82 Å². The monoisotopic (exact) mass is 287 g/mol. The number of halogens is 2.